The average molecular weight is 242 g/mol. The van der Waals surface area contributed by atoms with Crippen LogP contribution in [-0.2, 0) is 6.54 Å². The molecule has 0 aliphatic carbocycles. The zero-order chi connectivity index (χ0) is 13.0. The molecule has 18 heavy (non-hydrogen) atoms. The van der Waals surface area contributed by atoms with Gasteiger partial charge >= 0.3 is 0 Å². The van der Waals surface area contributed by atoms with E-state index in [1.165, 1.54) is 12.1 Å². The van der Waals surface area contributed by atoms with Gasteiger partial charge in [-0.15, -0.1) is 0 Å². The lowest BCUT2D eigenvalue weighted by Gasteiger charge is -2.08. The maximum absolute atomic E-state index is 13.0. The van der Waals surface area contributed by atoms with Crippen LogP contribution in [0.15, 0.2) is 42.5 Å². The van der Waals surface area contributed by atoms with Crippen LogP contribution >= 0.6 is 0 Å². The van der Waals surface area contributed by atoms with Crippen molar-refractivity contribution in [3.8, 4) is 17.6 Å². The number of rotatable bonds is 3. The van der Waals surface area contributed by atoms with Gasteiger partial charge in [-0.05, 0) is 35.9 Å². The van der Waals surface area contributed by atoms with Crippen LogP contribution in [0.5, 0.6) is 11.5 Å². The van der Waals surface area contributed by atoms with E-state index >= 15 is 0 Å². The number of ether oxygens (including phenoxy) is 1. The second-order valence-electron chi connectivity index (χ2n) is 3.71. The van der Waals surface area contributed by atoms with Gasteiger partial charge < -0.3 is 10.5 Å². The molecule has 2 rings (SSSR count). The molecule has 2 N–H and O–H groups in total. The normalized spacial score (nSPS) is 9.83. The quantitative estimate of drug-likeness (QED) is 0.900. The minimum atomic E-state index is -0.463. The fourth-order valence-corrected chi connectivity index (χ4v) is 1.54. The van der Waals surface area contributed by atoms with Gasteiger partial charge in [-0.2, -0.15) is 5.26 Å². The number of halogens is 1. The van der Waals surface area contributed by atoms with Crippen LogP contribution in [0.3, 0.4) is 0 Å². The number of nitrogens with two attached hydrogens (primary N) is 1. The van der Waals surface area contributed by atoms with Gasteiger partial charge in [0.2, 0.25) is 0 Å². The van der Waals surface area contributed by atoms with Gasteiger partial charge in [0.1, 0.15) is 23.4 Å². The summed E-state index contributed by atoms with van der Waals surface area (Å²) in [4.78, 5) is 0. The Labute approximate surface area is 104 Å². The largest absolute Gasteiger partial charge is 0.456 e. The third-order valence-corrected chi connectivity index (χ3v) is 2.42. The molecule has 0 heterocycles. The van der Waals surface area contributed by atoms with Crippen molar-refractivity contribution < 1.29 is 9.13 Å². The molecule has 0 aromatic heterocycles. The summed E-state index contributed by atoms with van der Waals surface area (Å²) < 4.78 is 18.5. The molecule has 0 amide bonds. The van der Waals surface area contributed by atoms with Crippen molar-refractivity contribution in [1.29, 1.82) is 5.26 Å². The molecule has 0 atom stereocenters. The lowest BCUT2D eigenvalue weighted by atomic mass is 10.2. The van der Waals surface area contributed by atoms with E-state index in [4.69, 9.17) is 15.7 Å². The minimum absolute atomic E-state index is 0.160. The Balaban J connectivity index is 2.31. The van der Waals surface area contributed by atoms with Gasteiger partial charge in [-0.3, -0.25) is 0 Å². The lowest BCUT2D eigenvalue weighted by Crippen LogP contribution is -1.96. The number of hydrogen-bond donors (Lipinski definition) is 1. The van der Waals surface area contributed by atoms with Crippen LogP contribution in [0.4, 0.5) is 4.39 Å². The molecule has 90 valence electrons. The Kier molecular flexibility index (Phi) is 3.56. The maximum Gasteiger partial charge on any atom is 0.145 e. The molecular weight excluding hydrogens is 231 g/mol. The minimum Gasteiger partial charge on any atom is -0.456 e. The monoisotopic (exact) mass is 242 g/mol. The molecule has 0 fully saturated rings. The van der Waals surface area contributed by atoms with Gasteiger partial charge in [-0.25, -0.2) is 4.39 Å². The Bertz CT molecular complexity index is 605. The summed E-state index contributed by atoms with van der Waals surface area (Å²) in [5.74, 6) is 0.434. The molecule has 0 radical (unpaired) electrons. The average Bonchev–Trinajstić information content (AvgIpc) is 2.41. The van der Waals surface area contributed by atoms with Crippen molar-refractivity contribution >= 4 is 0 Å². The van der Waals surface area contributed by atoms with E-state index in [0.717, 1.165) is 11.6 Å². The Morgan fingerprint density at radius 2 is 2.06 bits per heavy atom. The summed E-state index contributed by atoms with van der Waals surface area (Å²) in [6.07, 6.45) is 0. The predicted octanol–water partition coefficient (Wildman–Crippen LogP) is 2.95. The molecule has 2 aromatic carbocycles. The van der Waals surface area contributed by atoms with Gasteiger partial charge in [-0.1, -0.05) is 12.1 Å². The van der Waals surface area contributed by atoms with E-state index in [-0.39, 0.29) is 5.56 Å². The van der Waals surface area contributed by atoms with Gasteiger partial charge in [0.15, 0.2) is 0 Å². The van der Waals surface area contributed by atoms with Gasteiger partial charge in [0.25, 0.3) is 0 Å². The highest BCUT2D eigenvalue weighted by atomic mass is 19.1. The summed E-state index contributed by atoms with van der Waals surface area (Å²) in [7, 11) is 0. The maximum atomic E-state index is 13.0. The molecular formula is C14H11FN2O. The van der Waals surface area contributed by atoms with Crippen LogP contribution in [0.1, 0.15) is 11.1 Å². The third kappa shape index (κ3) is 2.65. The Morgan fingerprint density at radius 1 is 1.22 bits per heavy atom. The second-order valence-corrected chi connectivity index (χ2v) is 3.71. The fraction of sp³-hybridized carbons (Fsp3) is 0.0714. The van der Waals surface area contributed by atoms with Gasteiger partial charge in [0, 0.05) is 6.54 Å². The number of hydrogen-bond acceptors (Lipinski definition) is 3. The zero-order valence-electron chi connectivity index (χ0n) is 9.56. The zero-order valence-corrected chi connectivity index (χ0v) is 9.56. The Hall–Kier alpha value is -2.38. The molecule has 0 saturated heterocycles. The van der Waals surface area contributed by atoms with E-state index < -0.39 is 5.82 Å². The highest BCUT2D eigenvalue weighted by molar-refractivity contribution is 5.45. The standard InChI is InChI=1S/C14H11FN2O/c15-12-4-5-14(11(7-12)9-17)18-13-3-1-2-10(6-13)8-16/h1-7H,8,16H2. The second kappa shape index (κ2) is 5.30. The summed E-state index contributed by atoms with van der Waals surface area (Å²) in [5, 5.41) is 8.90. The highest BCUT2D eigenvalue weighted by Crippen LogP contribution is 2.26. The summed E-state index contributed by atoms with van der Waals surface area (Å²) >= 11 is 0. The van der Waals surface area contributed by atoms with E-state index in [2.05, 4.69) is 0 Å². The lowest BCUT2D eigenvalue weighted by molar-refractivity contribution is 0.478. The van der Waals surface area contributed by atoms with Crippen LogP contribution in [0, 0.1) is 17.1 Å². The van der Waals surface area contributed by atoms with E-state index in [0.29, 0.717) is 18.0 Å². The molecule has 0 aliphatic rings. The van der Waals surface area contributed by atoms with Crippen molar-refractivity contribution in [1.82, 2.24) is 0 Å². The van der Waals surface area contributed by atoms with Crippen molar-refractivity contribution in [2.24, 2.45) is 5.73 Å². The Morgan fingerprint density at radius 3 is 2.78 bits per heavy atom. The van der Waals surface area contributed by atoms with E-state index in [9.17, 15) is 4.39 Å². The number of nitriles is 1. The highest BCUT2D eigenvalue weighted by Gasteiger charge is 2.06. The van der Waals surface area contributed by atoms with Crippen LogP contribution in [0.25, 0.3) is 0 Å². The van der Waals surface area contributed by atoms with Gasteiger partial charge in [0.05, 0.1) is 5.56 Å². The molecule has 0 saturated carbocycles. The SMILES string of the molecule is N#Cc1cc(F)ccc1Oc1cccc(CN)c1. The fourth-order valence-electron chi connectivity index (χ4n) is 1.54. The first-order valence-electron chi connectivity index (χ1n) is 5.39. The smallest absolute Gasteiger partial charge is 0.145 e. The van der Waals surface area contributed by atoms with Crippen molar-refractivity contribution in [3.63, 3.8) is 0 Å². The van der Waals surface area contributed by atoms with E-state index in [1.54, 1.807) is 12.1 Å². The predicted molar refractivity (Wildman–Crippen MR) is 65.5 cm³/mol. The summed E-state index contributed by atoms with van der Waals surface area (Å²) in [6.45, 7) is 0.408. The molecule has 0 unspecified atom stereocenters. The third-order valence-electron chi connectivity index (χ3n) is 2.42. The van der Waals surface area contributed by atoms with Crippen LogP contribution in [0.2, 0.25) is 0 Å². The molecule has 3 nitrogen and oxygen atoms in total. The van der Waals surface area contributed by atoms with Crippen LogP contribution in [-0.4, -0.2) is 0 Å². The molecule has 0 bridgehead atoms. The molecule has 2 aromatic rings. The number of benzene rings is 2. The van der Waals surface area contributed by atoms with Crippen molar-refractivity contribution in [2.45, 2.75) is 6.54 Å². The first kappa shape index (κ1) is 12.1. The molecule has 4 heteroatoms. The van der Waals surface area contributed by atoms with Crippen molar-refractivity contribution in [2.75, 3.05) is 0 Å². The summed E-state index contributed by atoms with van der Waals surface area (Å²) in [6, 6.07) is 12.9. The van der Waals surface area contributed by atoms with Crippen LogP contribution < -0.4 is 10.5 Å². The topological polar surface area (TPSA) is 59.0 Å². The first-order chi connectivity index (χ1) is 8.72. The van der Waals surface area contributed by atoms with Crippen molar-refractivity contribution in [3.05, 3.63) is 59.4 Å². The number of nitrogens with zero attached hydrogens (tertiary/aromatic N) is 1. The molecule has 0 spiro atoms. The first-order valence-corrected chi connectivity index (χ1v) is 5.39. The van der Waals surface area contributed by atoms with E-state index in [1.807, 2.05) is 18.2 Å². The molecule has 0 aliphatic heterocycles. The summed E-state index contributed by atoms with van der Waals surface area (Å²) in [5.41, 5.74) is 6.62.